The van der Waals surface area contributed by atoms with E-state index in [1.165, 1.54) is 5.56 Å². The molecular formula is C13H21N3O2. The van der Waals surface area contributed by atoms with Gasteiger partial charge in [-0.25, -0.2) is 4.79 Å². The molecule has 1 fully saturated rings. The van der Waals surface area contributed by atoms with Gasteiger partial charge in [-0.2, -0.15) is 5.10 Å². The molecule has 0 aromatic carbocycles. The van der Waals surface area contributed by atoms with Crippen LogP contribution in [0.2, 0.25) is 0 Å². The molecule has 1 aromatic heterocycles. The Morgan fingerprint density at radius 1 is 1.44 bits per heavy atom. The maximum absolute atomic E-state index is 11.9. The van der Waals surface area contributed by atoms with Gasteiger partial charge in [0.2, 0.25) is 0 Å². The van der Waals surface area contributed by atoms with Gasteiger partial charge in [-0.15, -0.1) is 0 Å². The molecular weight excluding hydrogens is 230 g/mol. The summed E-state index contributed by atoms with van der Waals surface area (Å²) in [6.07, 6.45) is 5.55. The molecule has 1 N–H and O–H groups in total. The quantitative estimate of drug-likeness (QED) is 0.834. The maximum Gasteiger partial charge on any atom is 0.410 e. The fourth-order valence-corrected chi connectivity index (χ4v) is 2.21. The highest BCUT2D eigenvalue weighted by molar-refractivity contribution is 5.68. The number of H-pyrrole nitrogens is 1. The van der Waals surface area contributed by atoms with E-state index in [9.17, 15) is 4.79 Å². The third-order valence-corrected chi connectivity index (χ3v) is 3.14. The van der Waals surface area contributed by atoms with Gasteiger partial charge in [-0.3, -0.25) is 5.10 Å². The molecule has 2 rings (SSSR count). The zero-order valence-electron chi connectivity index (χ0n) is 11.3. The smallest absolute Gasteiger partial charge is 0.410 e. The van der Waals surface area contributed by atoms with Crippen molar-refractivity contribution in [3.05, 3.63) is 18.0 Å². The van der Waals surface area contributed by atoms with Crippen molar-refractivity contribution in [3.63, 3.8) is 0 Å². The van der Waals surface area contributed by atoms with Crippen LogP contribution in [0.3, 0.4) is 0 Å². The van der Waals surface area contributed by atoms with Gasteiger partial charge in [0.25, 0.3) is 0 Å². The minimum Gasteiger partial charge on any atom is -0.444 e. The van der Waals surface area contributed by atoms with Crippen LogP contribution in [-0.2, 0) is 4.74 Å². The predicted octanol–water partition coefficient (Wildman–Crippen LogP) is 2.52. The summed E-state index contributed by atoms with van der Waals surface area (Å²) in [7, 11) is 0. The second-order valence-corrected chi connectivity index (χ2v) is 5.77. The summed E-state index contributed by atoms with van der Waals surface area (Å²) < 4.78 is 5.37. The van der Waals surface area contributed by atoms with E-state index in [-0.39, 0.29) is 6.09 Å². The van der Waals surface area contributed by atoms with Gasteiger partial charge < -0.3 is 9.64 Å². The highest BCUT2D eigenvalue weighted by Crippen LogP contribution is 2.27. The number of aromatic amines is 1. The van der Waals surface area contributed by atoms with Gasteiger partial charge in [-0.05, 0) is 45.1 Å². The van der Waals surface area contributed by atoms with Crippen molar-refractivity contribution < 1.29 is 9.53 Å². The largest absolute Gasteiger partial charge is 0.444 e. The Balaban J connectivity index is 1.85. The number of nitrogens with one attached hydrogen (secondary N) is 1. The Kier molecular flexibility index (Phi) is 3.59. The highest BCUT2D eigenvalue weighted by Gasteiger charge is 2.27. The van der Waals surface area contributed by atoms with Crippen LogP contribution in [0.4, 0.5) is 4.79 Å². The number of aromatic nitrogens is 2. The number of hydrogen-bond acceptors (Lipinski definition) is 3. The number of rotatable bonds is 1. The van der Waals surface area contributed by atoms with Crippen molar-refractivity contribution in [1.82, 2.24) is 15.1 Å². The van der Waals surface area contributed by atoms with Crippen LogP contribution in [-0.4, -0.2) is 39.9 Å². The second-order valence-electron chi connectivity index (χ2n) is 5.77. The molecule has 5 nitrogen and oxygen atoms in total. The van der Waals surface area contributed by atoms with Crippen LogP contribution in [0.15, 0.2) is 12.4 Å². The Morgan fingerprint density at radius 3 is 2.61 bits per heavy atom. The number of nitrogens with zero attached hydrogens (tertiary/aromatic N) is 2. The molecule has 1 aromatic rings. The van der Waals surface area contributed by atoms with Crippen LogP contribution in [0.25, 0.3) is 0 Å². The lowest BCUT2D eigenvalue weighted by molar-refractivity contribution is 0.0205. The lowest BCUT2D eigenvalue weighted by Gasteiger charge is -2.33. The maximum atomic E-state index is 11.9. The molecule has 1 amide bonds. The number of amides is 1. The van der Waals surface area contributed by atoms with Crippen molar-refractivity contribution in [2.24, 2.45) is 0 Å². The third-order valence-electron chi connectivity index (χ3n) is 3.14. The predicted molar refractivity (Wildman–Crippen MR) is 68.4 cm³/mol. The van der Waals surface area contributed by atoms with Gasteiger partial charge in [0, 0.05) is 19.3 Å². The molecule has 0 bridgehead atoms. The zero-order valence-corrected chi connectivity index (χ0v) is 11.3. The summed E-state index contributed by atoms with van der Waals surface area (Å²) in [6.45, 7) is 7.19. The van der Waals surface area contributed by atoms with Gasteiger partial charge in [0.15, 0.2) is 0 Å². The van der Waals surface area contributed by atoms with E-state index in [0.29, 0.717) is 5.92 Å². The van der Waals surface area contributed by atoms with E-state index in [1.54, 1.807) is 4.90 Å². The Hall–Kier alpha value is -1.52. The molecule has 0 spiro atoms. The first-order valence-electron chi connectivity index (χ1n) is 6.42. The molecule has 0 atom stereocenters. The van der Waals surface area contributed by atoms with E-state index < -0.39 is 5.60 Å². The van der Waals surface area contributed by atoms with Gasteiger partial charge in [0.05, 0.1) is 6.20 Å². The molecule has 1 aliphatic rings. The van der Waals surface area contributed by atoms with E-state index in [1.807, 2.05) is 33.2 Å². The first-order chi connectivity index (χ1) is 8.46. The number of carbonyl (C=O) groups is 1. The second kappa shape index (κ2) is 5.00. The monoisotopic (exact) mass is 251 g/mol. The molecule has 2 heterocycles. The highest BCUT2D eigenvalue weighted by atomic mass is 16.6. The fraction of sp³-hybridized carbons (Fsp3) is 0.692. The number of carbonyl (C=O) groups excluding carboxylic acids is 1. The van der Waals surface area contributed by atoms with Crippen LogP contribution in [0.1, 0.15) is 45.1 Å². The first-order valence-corrected chi connectivity index (χ1v) is 6.42. The summed E-state index contributed by atoms with van der Waals surface area (Å²) in [5.74, 6) is 0.502. The summed E-state index contributed by atoms with van der Waals surface area (Å²) >= 11 is 0. The number of piperidine rings is 1. The van der Waals surface area contributed by atoms with Crippen LogP contribution < -0.4 is 0 Å². The Bertz CT molecular complexity index is 387. The summed E-state index contributed by atoms with van der Waals surface area (Å²) in [5.41, 5.74) is 0.817. The SMILES string of the molecule is CC(C)(C)OC(=O)N1CCC(c2cn[nH]c2)CC1. The van der Waals surface area contributed by atoms with Gasteiger partial charge >= 0.3 is 6.09 Å². The fourth-order valence-electron chi connectivity index (χ4n) is 2.21. The Morgan fingerprint density at radius 2 is 2.11 bits per heavy atom. The number of likely N-dealkylation sites (tertiary alicyclic amines) is 1. The van der Waals surface area contributed by atoms with Crippen molar-refractivity contribution in [3.8, 4) is 0 Å². The molecule has 5 heteroatoms. The molecule has 0 radical (unpaired) electrons. The van der Waals surface area contributed by atoms with Gasteiger partial charge in [-0.1, -0.05) is 0 Å². The summed E-state index contributed by atoms with van der Waals surface area (Å²) in [6, 6.07) is 0. The van der Waals surface area contributed by atoms with Crippen LogP contribution in [0, 0.1) is 0 Å². The van der Waals surface area contributed by atoms with Crippen molar-refractivity contribution in [2.75, 3.05) is 13.1 Å². The van der Waals surface area contributed by atoms with E-state index >= 15 is 0 Å². The molecule has 0 unspecified atom stereocenters. The van der Waals surface area contributed by atoms with Gasteiger partial charge in [0.1, 0.15) is 5.60 Å². The minimum atomic E-state index is -0.418. The topological polar surface area (TPSA) is 58.2 Å². The van der Waals surface area contributed by atoms with E-state index in [4.69, 9.17) is 4.74 Å². The van der Waals surface area contributed by atoms with Crippen molar-refractivity contribution in [2.45, 2.75) is 45.1 Å². The van der Waals surface area contributed by atoms with E-state index in [0.717, 1.165) is 25.9 Å². The average Bonchev–Trinajstić information content (AvgIpc) is 2.80. The first kappa shape index (κ1) is 12.9. The summed E-state index contributed by atoms with van der Waals surface area (Å²) in [5, 5.41) is 6.81. The molecule has 18 heavy (non-hydrogen) atoms. The summed E-state index contributed by atoms with van der Waals surface area (Å²) in [4.78, 5) is 13.7. The number of ether oxygens (including phenoxy) is 1. The minimum absolute atomic E-state index is 0.201. The normalized spacial score (nSPS) is 17.8. The average molecular weight is 251 g/mol. The lowest BCUT2D eigenvalue weighted by Crippen LogP contribution is -2.41. The molecule has 1 saturated heterocycles. The van der Waals surface area contributed by atoms with Crippen molar-refractivity contribution >= 4 is 6.09 Å². The third kappa shape index (κ3) is 3.24. The molecule has 0 saturated carbocycles. The van der Waals surface area contributed by atoms with Crippen LogP contribution in [0.5, 0.6) is 0 Å². The zero-order chi connectivity index (χ0) is 13.2. The Labute approximate surface area is 108 Å². The number of hydrogen-bond donors (Lipinski definition) is 1. The molecule has 1 aliphatic heterocycles. The lowest BCUT2D eigenvalue weighted by atomic mass is 9.92. The van der Waals surface area contributed by atoms with Crippen LogP contribution >= 0.6 is 0 Å². The standard InChI is InChI=1S/C13H21N3O2/c1-13(2,3)18-12(17)16-6-4-10(5-7-16)11-8-14-15-9-11/h8-10H,4-7H2,1-3H3,(H,14,15). The molecule has 100 valence electrons. The van der Waals surface area contributed by atoms with E-state index in [2.05, 4.69) is 10.2 Å². The molecule has 0 aliphatic carbocycles. The van der Waals surface area contributed by atoms with Crippen molar-refractivity contribution in [1.29, 1.82) is 0 Å².